The van der Waals surface area contributed by atoms with E-state index in [1.165, 1.54) is 11.3 Å². The Labute approximate surface area is 152 Å². The molecule has 26 heavy (non-hydrogen) atoms. The quantitative estimate of drug-likeness (QED) is 0.759. The fourth-order valence-electron chi connectivity index (χ4n) is 2.75. The summed E-state index contributed by atoms with van der Waals surface area (Å²) in [5, 5.41) is 3.51. The fourth-order valence-corrected chi connectivity index (χ4v) is 3.81. The van der Waals surface area contributed by atoms with E-state index in [0.717, 1.165) is 46.6 Å². The van der Waals surface area contributed by atoms with Gasteiger partial charge in [-0.3, -0.25) is 4.79 Å². The first-order chi connectivity index (χ1) is 12.6. The molecule has 0 atom stereocenters. The molecule has 1 fully saturated rings. The Morgan fingerprint density at radius 2 is 1.96 bits per heavy atom. The van der Waals surface area contributed by atoms with E-state index in [1.807, 2.05) is 0 Å². The van der Waals surface area contributed by atoms with E-state index in [1.54, 1.807) is 18.2 Å². The Bertz CT molecular complexity index is 970. The molecule has 4 rings (SSSR count). The third-order valence-electron chi connectivity index (χ3n) is 4.09. The molecule has 1 amide bonds. The van der Waals surface area contributed by atoms with Crippen LogP contribution in [0.4, 0.5) is 19.6 Å². The number of anilines is 2. The second-order valence-electron chi connectivity index (χ2n) is 5.86. The molecule has 1 aliphatic heterocycles. The summed E-state index contributed by atoms with van der Waals surface area (Å²) in [6.45, 7) is 2.94. The van der Waals surface area contributed by atoms with Crippen molar-refractivity contribution in [2.45, 2.75) is 0 Å². The molecule has 0 unspecified atom stereocenters. The number of carbonyl (C=O) groups is 1. The first-order valence-corrected chi connectivity index (χ1v) is 8.91. The number of hydrogen-bond donors (Lipinski definition) is 1. The number of carbonyl (C=O) groups excluding carboxylic acids is 1. The normalized spacial score (nSPS) is 14.6. The van der Waals surface area contributed by atoms with Gasteiger partial charge in [0.15, 0.2) is 5.13 Å². The molecule has 134 valence electrons. The number of morpholine rings is 1. The Morgan fingerprint density at radius 1 is 1.15 bits per heavy atom. The number of nitrogens with zero attached hydrogens (tertiary/aromatic N) is 2. The molecule has 0 aliphatic carbocycles. The lowest BCUT2D eigenvalue weighted by Gasteiger charge is -2.25. The molecule has 2 aromatic carbocycles. The predicted molar refractivity (Wildman–Crippen MR) is 97.0 cm³/mol. The van der Waals surface area contributed by atoms with Crippen molar-refractivity contribution in [1.82, 2.24) is 4.98 Å². The molecule has 5 nitrogen and oxygen atoms in total. The van der Waals surface area contributed by atoms with Gasteiger partial charge in [0.1, 0.15) is 11.6 Å². The van der Waals surface area contributed by atoms with Crippen molar-refractivity contribution < 1.29 is 18.3 Å². The fraction of sp³-hybridized carbons (Fsp3) is 0.222. The first-order valence-electron chi connectivity index (χ1n) is 8.10. The molecule has 1 saturated heterocycles. The summed E-state index contributed by atoms with van der Waals surface area (Å²) < 4.78 is 33.3. The van der Waals surface area contributed by atoms with Crippen molar-refractivity contribution in [2.24, 2.45) is 0 Å². The van der Waals surface area contributed by atoms with Gasteiger partial charge in [0.25, 0.3) is 5.91 Å². The largest absolute Gasteiger partial charge is 0.378 e. The average Bonchev–Trinajstić information content (AvgIpc) is 3.08. The van der Waals surface area contributed by atoms with Gasteiger partial charge < -0.3 is 15.0 Å². The van der Waals surface area contributed by atoms with Gasteiger partial charge in [-0.1, -0.05) is 11.3 Å². The number of aromatic nitrogens is 1. The van der Waals surface area contributed by atoms with Crippen molar-refractivity contribution >= 4 is 38.3 Å². The standard InChI is InChI=1S/C18H15F2N3O2S/c19-11-1-3-14(20)13(9-11)17(24)21-12-2-4-15-16(10-12)26-18(22-15)23-5-7-25-8-6-23/h1-4,9-10H,5-8H2,(H,21,24). The van der Waals surface area contributed by atoms with Crippen molar-refractivity contribution in [3.63, 3.8) is 0 Å². The van der Waals surface area contributed by atoms with Crippen molar-refractivity contribution in [1.29, 1.82) is 0 Å². The van der Waals surface area contributed by atoms with Crippen LogP contribution in [0, 0.1) is 11.6 Å². The Balaban J connectivity index is 1.57. The highest BCUT2D eigenvalue weighted by Gasteiger charge is 2.17. The third kappa shape index (κ3) is 3.38. The molecule has 1 N–H and O–H groups in total. The summed E-state index contributed by atoms with van der Waals surface area (Å²) in [7, 11) is 0. The van der Waals surface area contributed by atoms with E-state index in [-0.39, 0.29) is 5.56 Å². The van der Waals surface area contributed by atoms with E-state index < -0.39 is 17.5 Å². The van der Waals surface area contributed by atoms with Crippen molar-refractivity contribution in [3.8, 4) is 0 Å². The topological polar surface area (TPSA) is 54.5 Å². The molecule has 8 heteroatoms. The van der Waals surface area contributed by atoms with Crippen LogP contribution in [0.15, 0.2) is 36.4 Å². The lowest BCUT2D eigenvalue weighted by molar-refractivity contribution is 0.102. The lowest BCUT2D eigenvalue weighted by atomic mass is 10.2. The predicted octanol–water partition coefficient (Wildman–Crippen LogP) is 3.66. The number of fused-ring (bicyclic) bond motifs is 1. The van der Waals surface area contributed by atoms with Gasteiger partial charge in [-0.15, -0.1) is 0 Å². The second kappa shape index (κ2) is 6.97. The van der Waals surface area contributed by atoms with E-state index in [2.05, 4.69) is 15.2 Å². The Hall–Kier alpha value is -2.58. The average molecular weight is 375 g/mol. The number of nitrogens with one attached hydrogen (secondary N) is 1. The number of rotatable bonds is 3. The second-order valence-corrected chi connectivity index (χ2v) is 6.87. The molecule has 0 bridgehead atoms. The zero-order valence-corrected chi connectivity index (χ0v) is 14.5. The van der Waals surface area contributed by atoms with E-state index in [9.17, 15) is 13.6 Å². The van der Waals surface area contributed by atoms with Gasteiger partial charge in [-0.05, 0) is 36.4 Å². The number of benzene rings is 2. The maximum Gasteiger partial charge on any atom is 0.258 e. The highest BCUT2D eigenvalue weighted by molar-refractivity contribution is 7.22. The van der Waals surface area contributed by atoms with Gasteiger partial charge in [-0.2, -0.15) is 0 Å². The Kier molecular flexibility index (Phi) is 4.52. The zero-order chi connectivity index (χ0) is 18.1. The summed E-state index contributed by atoms with van der Waals surface area (Å²) in [6.07, 6.45) is 0. The minimum Gasteiger partial charge on any atom is -0.378 e. The van der Waals surface area contributed by atoms with Crippen LogP contribution in [0.5, 0.6) is 0 Å². The number of halogens is 2. The van der Waals surface area contributed by atoms with Gasteiger partial charge >= 0.3 is 0 Å². The molecule has 1 aliphatic rings. The zero-order valence-electron chi connectivity index (χ0n) is 13.7. The van der Waals surface area contributed by atoms with E-state index >= 15 is 0 Å². The van der Waals surface area contributed by atoms with E-state index in [0.29, 0.717) is 18.9 Å². The lowest BCUT2D eigenvalue weighted by Crippen LogP contribution is -2.36. The van der Waals surface area contributed by atoms with Crippen LogP contribution < -0.4 is 10.2 Å². The van der Waals surface area contributed by atoms with Gasteiger partial charge in [0.2, 0.25) is 0 Å². The van der Waals surface area contributed by atoms with Crippen LogP contribution in [-0.2, 0) is 4.74 Å². The van der Waals surface area contributed by atoms with Gasteiger partial charge in [0, 0.05) is 18.8 Å². The molecule has 2 heterocycles. The number of ether oxygens (including phenoxy) is 1. The Morgan fingerprint density at radius 3 is 2.77 bits per heavy atom. The summed E-state index contributed by atoms with van der Waals surface area (Å²) in [6, 6.07) is 8.07. The molecule has 0 saturated carbocycles. The van der Waals surface area contributed by atoms with Crippen LogP contribution in [0.1, 0.15) is 10.4 Å². The first kappa shape index (κ1) is 16.9. The summed E-state index contributed by atoms with van der Waals surface area (Å²) in [4.78, 5) is 19.0. The van der Waals surface area contributed by atoms with Crippen molar-refractivity contribution in [2.75, 3.05) is 36.5 Å². The summed E-state index contributed by atoms with van der Waals surface area (Å²) in [5.41, 5.74) is 0.998. The minimum atomic E-state index is -0.766. The molecule has 3 aromatic rings. The van der Waals surface area contributed by atoms with Crippen LogP contribution in [0.25, 0.3) is 10.2 Å². The van der Waals surface area contributed by atoms with Crippen LogP contribution in [0.2, 0.25) is 0 Å². The summed E-state index contributed by atoms with van der Waals surface area (Å²) in [5.74, 6) is -2.12. The molecule has 0 radical (unpaired) electrons. The molecule has 1 aromatic heterocycles. The highest BCUT2D eigenvalue weighted by Crippen LogP contribution is 2.31. The number of thiazole rings is 1. The maximum atomic E-state index is 13.7. The minimum absolute atomic E-state index is 0.330. The SMILES string of the molecule is O=C(Nc1ccc2nc(N3CCOCC3)sc2c1)c1cc(F)ccc1F. The molecular formula is C18H15F2N3O2S. The maximum absolute atomic E-state index is 13.7. The van der Waals surface area contributed by atoms with Crippen molar-refractivity contribution in [3.05, 3.63) is 53.6 Å². The number of hydrogen-bond acceptors (Lipinski definition) is 5. The monoisotopic (exact) mass is 375 g/mol. The smallest absolute Gasteiger partial charge is 0.258 e. The molecular weight excluding hydrogens is 360 g/mol. The number of amides is 1. The highest BCUT2D eigenvalue weighted by atomic mass is 32.1. The van der Waals surface area contributed by atoms with Crippen LogP contribution in [-0.4, -0.2) is 37.2 Å². The molecule has 0 spiro atoms. The van der Waals surface area contributed by atoms with Gasteiger partial charge in [0.05, 0.1) is 29.0 Å². The third-order valence-corrected chi connectivity index (χ3v) is 5.17. The van der Waals surface area contributed by atoms with Crippen LogP contribution in [0.3, 0.4) is 0 Å². The van der Waals surface area contributed by atoms with E-state index in [4.69, 9.17) is 4.74 Å². The summed E-state index contributed by atoms with van der Waals surface area (Å²) >= 11 is 1.52. The van der Waals surface area contributed by atoms with Crippen LogP contribution >= 0.6 is 11.3 Å². The van der Waals surface area contributed by atoms with Gasteiger partial charge in [-0.25, -0.2) is 13.8 Å².